The number of nitrogens with one attached hydrogen (secondary N) is 1. The maximum Gasteiger partial charge on any atom is 0.318 e. The van der Waals surface area contributed by atoms with E-state index in [1.165, 1.54) is 24.8 Å². The van der Waals surface area contributed by atoms with Crippen LogP contribution in [-0.4, -0.2) is 36.7 Å². The molecule has 4 rings (SSSR count). The summed E-state index contributed by atoms with van der Waals surface area (Å²) in [5, 5.41) is 3.26. The average molecular weight is 314 g/mol. The summed E-state index contributed by atoms with van der Waals surface area (Å²) in [6.45, 7) is 2.43. The Bertz CT molecular complexity index is 556. The third-order valence-electron chi connectivity index (χ3n) is 5.99. The molecule has 0 bridgehead atoms. The zero-order valence-electron chi connectivity index (χ0n) is 13.7. The average Bonchev–Trinajstić information content (AvgIpc) is 2.58. The van der Waals surface area contributed by atoms with Gasteiger partial charge < -0.3 is 15.0 Å². The number of amides is 2. The van der Waals surface area contributed by atoms with Gasteiger partial charge in [0.2, 0.25) is 0 Å². The van der Waals surface area contributed by atoms with E-state index in [4.69, 9.17) is 4.74 Å². The largest absolute Gasteiger partial charge is 0.381 e. The molecule has 1 aromatic carbocycles. The molecule has 3 aliphatic rings. The van der Waals surface area contributed by atoms with Crippen molar-refractivity contribution in [3.8, 4) is 0 Å². The molecule has 4 heteroatoms. The van der Waals surface area contributed by atoms with Crippen molar-refractivity contribution in [2.75, 3.05) is 19.8 Å². The fraction of sp³-hybridized carbons (Fsp3) is 0.632. The van der Waals surface area contributed by atoms with Crippen LogP contribution >= 0.6 is 0 Å². The molecule has 2 heterocycles. The molecule has 4 nitrogen and oxygen atoms in total. The third-order valence-corrected chi connectivity index (χ3v) is 5.99. The Kier molecular flexibility index (Phi) is 4.02. The predicted octanol–water partition coefficient (Wildman–Crippen LogP) is 3.28. The van der Waals surface area contributed by atoms with Crippen molar-refractivity contribution in [3.63, 3.8) is 0 Å². The van der Waals surface area contributed by atoms with Crippen molar-refractivity contribution in [3.05, 3.63) is 35.9 Å². The minimum Gasteiger partial charge on any atom is -0.381 e. The monoisotopic (exact) mass is 314 g/mol. The maximum absolute atomic E-state index is 12.9. The first kappa shape index (κ1) is 15.0. The molecule has 1 N–H and O–H groups in total. The number of fused-ring (bicyclic) bond motifs is 1. The van der Waals surface area contributed by atoms with E-state index in [-0.39, 0.29) is 17.6 Å². The van der Waals surface area contributed by atoms with Crippen LogP contribution in [0.3, 0.4) is 0 Å². The lowest BCUT2D eigenvalue weighted by Gasteiger charge is -2.61. The van der Waals surface area contributed by atoms with Crippen LogP contribution in [0.15, 0.2) is 30.3 Å². The van der Waals surface area contributed by atoms with Gasteiger partial charge in [0.15, 0.2) is 0 Å². The molecule has 1 aliphatic carbocycles. The van der Waals surface area contributed by atoms with Gasteiger partial charge in [-0.1, -0.05) is 43.2 Å². The van der Waals surface area contributed by atoms with Gasteiger partial charge in [0.1, 0.15) is 0 Å². The summed E-state index contributed by atoms with van der Waals surface area (Å²) in [5.74, 6) is 0.624. The van der Waals surface area contributed by atoms with Crippen LogP contribution in [0.2, 0.25) is 0 Å². The Labute approximate surface area is 138 Å². The number of carbonyl (C=O) groups excluding carboxylic acids is 1. The number of benzene rings is 1. The molecule has 1 saturated carbocycles. The molecule has 0 radical (unpaired) electrons. The molecule has 1 aromatic rings. The van der Waals surface area contributed by atoms with Crippen LogP contribution in [0.5, 0.6) is 0 Å². The van der Waals surface area contributed by atoms with Gasteiger partial charge in [0.25, 0.3) is 0 Å². The highest BCUT2D eigenvalue weighted by molar-refractivity contribution is 5.77. The van der Waals surface area contributed by atoms with E-state index in [1.54, 1.807) is 0 Å². The van der Waals surface area contributed by atoms with Crippen LogP contribution in [-0.2, 0) is 10.3 Å². The van der Waals surface area contributed by atoms with Gasteiger partial charge in [0.05, 0.1) is 5.54 Å². The minimum absolute atomic E-state index is 0.0608. The van der Waals surface area contributed by atoms with Gasteiger partial charge >= 0.3 is 6.03 Å². The van der Waals surface area contributed by atoms with E-state index >= 15 is 0 Å². The SMILES string of the molecule is O=C(NC1CCOCC1)N1C[C@@H]2CCCC[C@]21c1ccccc1. The number of hydrogen-bond donors (Lipinski definition) is 1. The fourth-order valence-electron chi connectivity index (χ4n) is 4.72. The number of urea groups is 1. The van der Waals surface area contributed by atoms with Gasteiger partial charge in [-0.05, 0) is 31.2 Å². The molecule has 2 saturated heterocycles. The number of carbonyl (C=O) groups is 1. The van der Waals surface area contributed by atoms with Gasteiger partial charge in [-0.15, -0.1) is 0 Å². The van der Waals surface area contributed by atoms with E-state index in [2.05, 4.69) is 40.5 Å². The van der Waals surface area contributed by atoms with Crippen LogP contribution in [0.1, 0.15) is 44.1 Å². The molecule has 0 aromatic heterocycles. The lowest BCUT2D eigenvalue weighted by atomic mass is 9.62. The van der Waals surface area contributed by atoms with Crippen molar-refractivity contribution in [2.24, 2.45) is 5.92 Å². The summed E-state index contributed by atoms with van der Waals surface area (Å²) >= 11 is 0. The predicted molar refractivity (Wildman–Crippen MR) is 89.2 cm³/mol. The zero-order valence-corrected chi connectivity index (χ0v) is 13.7. The summed E-state index contributed by atoms with van der Waals surface area (Å²) in [5.41, 5.74) is 1.26. The van der Waals surface area contributed by atoms with Gasteiger partial charge in [-0.3, -0.25) is 0 Å². The summed E-state index contributed by atoms with van der Waals surface area (Å²) in [6, 6.07) is 11.1. The van der Waals surface area contributed by atoms with E-state index in [0.717, 1.165) is 39.0 Å². The Morgan fingerprint density at radius 1 is 1.13 bits per heavy atom. The Hall–Kier alpha value is -1.55. The van der Waals surface area contributed by atoms with Crippen molar-refractivity contribution in [1.29, 1.82) is 0 Å². The second-order valence-corrected chi connectivity index (χ2v) is 7.18. The smallest absolute Gasteiger partial charge is 0.318 e. The highest BCUT2D eigenvalue weighted by Gasteiger charge is 2.57. The topological polar surface area (TPSA) is 41.6 Å². The van der Waals surface area contributed by atoms with E-state index in [9.17, 15) is 4.79 Å². The number of rotatable bonds is 2. The molecular formula is C19H26N2O2. The first-order valence-electron chi connectivity index (χ1n) is 9.02. The molecule has 0 unspecified atom stereocenters. The fourth-order valence-corrected chi connectivity index (χ4v) is 4.72. The van der Waals surface area contributed by atoms with Crippen molar-refractivity contribution in [2.45, 2.75) is 50.1 Å². The van der Waals surface area contributed by atoms with Crippen LogP contribution < -0.4 is 5.32 Å². The van der Waals surface area contributed by atoms with Crippen molar-refractivity contribution >= 4 is 6.03 Å². The number of ether oxygens (including phenoxy) is 1. The second kappa shape index (κ2) is 6.16. The lowest BCUT2D eigenvalue weighted by molar-refractivity contribution is -0.0805. The van der Waals surface area contributed by atoms with Gasteiger partial charge in [0, 0.05) is 31.7 Å². The van der Waals surface area contributed by atoms with E-state index < -0.39 is 0 Å². The van der Waals surface area contributed by atoms with Crippen molar-refractivity contribution in [1.82, 2.24) is 10.2 Å². The quantitative estimate of drug-likeness (QED) is 0.910. The Morgan fingerprint density at radius 2 is 1.91 bits per heavy atom. The maximum atomic E-state index is 12.9. The number of hydrogen-bond acceptors (Lipinski definition) is 2. The van der Waals surface area contributed by atoms with Gasteiger partial charge in [-0.2, -0.15) is 0 Å². The van der Waals surface area contributed by atoms with Gasteiger partial charge in [-0.25, -0.2) is 4.79 Å². The molecular weight excluding hydrogens is 288 g/mol. The number of nitrogens with zero attached hydrogens (tertiary/aromatic N) is 1. The lowest BCUT2D eigenvalue weighted by Crippen LogP contribution is -2.69. The summed E-state index contributed by atoms with van der Waals surface area (Å²) in [6.07, 6.45) is 6.72. The molecule has 2 amide bonds. The summed E-state index contributed by atoms with van der Waals surface area (Å²) in [7, 11) is 0. The molecule has 2 atom stereocenters. The normalized spacial score (nSPS) is 31.1. The second-order valence-electron chi connectivity index (χ2n) is 7.18. The first-order chi connectivity index (χ1) is 11.3. The Morgan fingerprint density at radius 3 is 2.65 bits per heavy atom. The molecule has 2 aliphatic heterocycles. The van der Waals surface area contributed by atoms with Crippen LogP contribution in [0, 0.1) is 5.92 Å². The first-order valence-corrected chi connectivity index (χ1v) is 9.02. The Balaban J connectivity index is 1.54. The highest BCUT2D eigenvalue weighted by atomic mass is 16.5. The zero-order chi connectivity index (χ0) is 15.7. The number of likely N-dealkylation sites (tertiary alicyclic amines) is 1. The van der Waals surface area contributed by atoms with Crippen LogP contribution in [0.25, 0.3) is 0 Å². The summed E-state index contributed by atoms with van der Waals surface area (Å²) < 4.78 is 5.39. The van der Waals surface area contributed by atoms with Crippen molar-refractivity contribution < 1.29 is 9.53 Å². The third kappa shape index (κ3) is 2.53. The molecule has 0 spiro atoms. The molecule has 124 valence electrons. The molecule has 23 heavy (non-hydrogen) atoms. The van der Waals surface area contributed by atoms with Crippen LogP contribution in [0.4, 0.5) is 4.79 Å². The van der Waals surface area contributed by atoms with E-state index in [0.29, 0.717) is 5.92 Å². The van der Waals surface area contributed by atoms with E-state index in [1.807, 2.05) is 0 Å². The summed E-state index contributed by atoms with van der Waals surface area (Å²) in [4.78, 5) is 15.0. The highest BCUT2D eigenvalue weighted by Crippen LogP contribution is 2.53. The minimum atomic E-state index is -0.0608. The standard InChI is InChI=1S/C19H26N2O2/c22-18(20-17-9-12-23-13-10-17)21-14-16-8-4-5-11-19(16,21)15-6-2-1-3-7-15/h1-3,6-7,16-17H,4-5,8-14H2,(H,20,22)/t16-,19-/m0/s1. The molecule has 3 fully saturated rings.